The van der Waals surface area contributed by atoms with E-state index in [1.54, 1.807) is 12.1 Å². The van der Waals surface area contributed by atoms with Gasteiger partial charge in [0.2, 0.25) is 15.9 Å². The summed E-state index contributed by atoms with van der Waals surface area (Å²) in [6, 6.07) is 12.5. The lowest BCUT2D eigenvalue weighted by Gasteiger charge is -2.31. The van der Waals surface area contributed by atoms with Crippen molar-refractivity contribution < 1.29 is 22.7 Å². The molecule has 32 heavy (non-hydrogen) atoms. The third-order valence-corrected chi connectivity index (χ3v) is 8.07. The lowest BCUT2D eigenvalue weighted by atomic mass is 9.99. The van der Waals surface area contributed by atoms with Gasteiger partial charge in [0.25, 0.3) is 0 Å². The molecule has 1 fully saturated rings. The number of sulfonamides is 1. The fourth-order valence-corrected chi connectivity index (χ4v) is 5.92. The molecule has 0 aromatic heterocycles. The minimum Gasteiger partial charge on any atom is -0.497 e. The fourth-order valence-electron chi connectivity index (χ4n) is 4.40. The second-order valence-corrected chi connectivity index (χ2v) is 10.2. The van der Waals surface area contributed by atoms with Crippen LogP contribution < -0.4 is 14.8 Å². The van der Waals surface area contributed by atoms with Crippen molar-refractivity contribution in [1.29, 1.82) is 0 Å². The number of aryl methyl sites for hydroxylation is 2. The molecule has 1 heterocycles. The zero-order valence-corrected chi connectivity index (χ0v) is 19.2. The van der Waals surface area contributed by atoms with Gasteiger partial charge in [-0.15, -0.1) is 0 Å². The highest BCUT2D eigenvalue weighted by Crippen LogP contribution is 2.27. The number of carbonyl (C=O) groups excluding carboxylic acids is 1. The second kappa shape index (κ2) is 9.92. The van der Waals surface area contributed by atoms with E-state index in [1.807, 2.05) is 6.07 Å². The van der Waals surface area contributed by atoms with Crippen LogP contribution in [0.3, 0.4) is 0 Å². The zero-order valence-electron chi connectivity index (χ0n) is 18.4. The Balaban J connectivity index is 1.27. The molecule has 0 spiro atoms. The van der Waals surface area contributed by atoms with E-state index in [1.165, 1.54) is 41.1 Å². The van der Waals surface area contributed by atoms with Gasteiger partial charge in [-0.2, -0.15) is 4.31 Å². The van der Waals surface area contributed by atoms with E-state index in [4.69, 9.17) is 9.47 Å². The molecule has 1 amide bonds. The maximum Gasteiger partial charge on any atom is 0.243 e. The van der Waals surface area contributed by atoms with E-state index in [0.717, 1.165) is 18.6 Å². The van der Waals surface area contributed by atoms with E-state index in [-0.39, 0.29) is 23.3 Å². The van der Waals surface area contributed by atoms with E-state index in [9.17, 15) is 13.2 Å². The summed E-state index contributed by atoms with van der Waals surface area (Å²) in [5.41, 5.74) is 2.75. The minimum absolute atomic E-state index is 0.128. The van der Waals surface area contributed by atoms with Crippen molar-refractivity contribution in [1.82, 2.24) is 9.62 Å². The highest BCUT2D eigenvalue weighted by Gasteiger charge is 2.33. The van der Waals surface area contributed by atoms with Gasteiger partial charge < -0.3 is 14.8 Å². The topological polar surface area (TPSA) is 84.9 Å². The van der Waals surface area contributed by atoms with Crippen molar-refractivity contribution in [3.63, 3.8) is 0 Å². The Hall–Kier alpha value is -2.58. The molecule has 0 saturated carbocycles. The fraction of sp³-hybridized carbons (Fsp3) is 0.458. The molecule has 8 heteroatoms. The highest BCUT2D eigenvalue weighted by atomic mass is 32.2. The molecule has 2 aromatic rings. The molecule has 0 radical (unpaired) electrons. The van der Waals surface area contributed by atoms with Gasteiger partial charge in [-0.1, -0.05) is 6.07 Å². The number of methoxy groups -OCH3 is 1. The lowest BCUT2D eigenvalue weighted by molar-refractivity contribution is -0.126. The molecule has 1 aliphatic heterocycles. The van der Waals surface area contributed by atoms with E-state index in [0.29, 0.717) is 38.3 Å². The Morgan fingerprint density at radius 1 is 1.06 bits per heavy atom. The number of benzene rings is 2. The Kier molecular flexibility index (Phi) is 7.01. The minimum atomic E-state index is -3.65. The maximum atomic E-state index is 13.0. The summed E-state index contributed by atoms with van der Waals surface area (Å²) in [4.78, 5) is 12.9. The number of rotatable bonds is 8. The predicted octanol–water partition coefficient (Wildman–Crippen LogP) is 2.78. The summed E-state index contributed by atoms with van der Waals surface area (Å²) >= 11 is 0. The van der Waals surface area contributed by atoms with Crippen molar-refractivity contribution in [3.05, 3.63) is 53.6 Å². The van der Waals surface area contributed by atoms with Gasteiger partial charge in [0.05, 0.1) is 24.5 Å². The standard InChI is InChI=1S/C24H30N2O5S/c1-30-21-9-11-23(12-10-21)32(28,29)26-14-3-6-20(17-26)24(27)25-13-15-31-22-8-7-18-4-2-5-19(18)16-22/h7-12,16,20H,2-6,13-15,17H2,1H3,(H,25,27). The molecule has 1 unspecified atom stereocenters. The number of nitrogens with zero attached hydrogens (tertiary/aromatic N) is 1. The van der Waals surface area contributed by atoms with Crippen LogP contribution in [0.2, 0.25) is 0 Å². The summed E-state index contributed by atoms with van der Waals surface area (Å²) in [5.74, 6) is 0.935. The van der Waals surface area contributed by atoms with Crippen molar-refractivity contribution in [2.75, 3.05) is 33.4 Å². The summed E-state index contributed by atoms with van der Waals surface area (Å²) in [6.07, 6.45) is 4.76. The van der Waals surface area contributed by atoms with Crippen molar-refractivity contribution in [2.45, 2.75) is 37.0 Å². The second-order valence-electron chi connectivity index (χ2n) is 8.30. The number of fused-ring (bicyclic) bond motifs is 1. The predicted molar refractivity (Wildman–Crippen MR) is 121 cm³/mol. The number of ether oxygens (including phenoxy) is 2. The van der Waals surface area contributed by atoms with Crippen LogP contribution in [0, 0.1) is 5.92 Å². The molecule has 0 bridgehead atoms. The maximum absolute atomic E-state index is 13.0. The highest BCUT2D eigenvalue weighted by molar-refractivity contribution is 7.89. The first-order valence-electron chi connectivity index (χ1n) is 11.1. The monoisotopic (exact) mass is 458 g/mol. The van der Waals surface area contributed by atoms with Crippen LogP contribution in [0.4, 0.5) is 0 Å². The summed E-state index contributed by atoms with van der Waals surface area (Å²) in [6.45, 7) is 1.37. The molecule has 4 rings (SSSR count). The Morgan fingerprint density at radius 2 is 1.81 bits per heavy atom. The van der Waals surface area contributed by atoms with Crippen molar-refractivity contribution in [3.8, 4) is 11.5 Å². The van der Waals surface area contributed by atoms with Gasteiger partial charge in [0, 0.05) is 13.1 Å². The molecule has 1 saturated heterocycles. The largest absolute Gasteiger partial charge is 0.497 e. The van der Waals surface area contributed by atoms with Crippen LogP contribution in [-0.2, 0) is 27.7 Å². The normalized spacial score (nSPS) is 18.7. The first-order chi connectivity index (χ1) is 15.5. The molecular formula is C24H30N2O5S. The number of carbonyl (C=O) groups is 1. The molecule has 1 N–H and O–H groups in total. The van der Waals surface area contributed by atoms with Crippen LogP contribution in [0.1, 0.15) is 30.4 Å². The van der Waals surface area contributed by atoms with Gasteiger partial charge in [0.15, 0.2) is 0 Å². The smallest absolute Gasteiger partial charge is 0.243 e. The zero-order chi connectivity index (χ0) is 22.6. The van der Waals surface area contributed by atoms with Gasteiger partial charge >= 0.3 is 0 Å². The Bertz CT molecular complexity index is 1050. The van der Waals surface area contributed by atoms with Crippen LogP contribution >= 0.6 is 0 Å². The Labute approximate surface area is 189 Å². The quantitative estimate of drug-likeness (QED) is 0.615. The number of nitrogens with one attached hydrogen (secondary N) is 1. The molecule has 2 aromatic carbocycles. The van der Waals surface area contributed by atoms with E-state index < -0.39 is 10.0 Å². The van der Waals surface area contributed by atoms with Crippen molar-refractivity contribution >= 4 is 15.9 Å². The van der Waals surface area contributed by atoms with Gasteiger partial charge in [-0.3, -0.25) is 4.79 Å². The molecule has 1 aliphatic carbocycles. The van der Waals surface area contributed by atoms with E-state index >= 15 is 0 Å². The summed E-state index contributed by atoms with van der Waals surface area (Å²) in [7, 11) is -2.11. The lowest BCUT2D eigenvalue weighted by Crippen LogP contribution is -2.45. The summed E-state index contributed by atoms with van der Waals surface area (Å²) in [5, 5.41) is 2.90. The van der Waals surface area contributed by atoms with Gasteiger partial charge in [0.1, 0.15) is 18.1 Å². The third kappa shape index (κ3) is 5.07. The van der Waals surface area contributed by atoms with Crippen LogP contribution in [0.25, 0.3) is 0 Å². The average Bonchev–Trinajstić information content (AvgIpc) is 3.30. The molecule has 2 aliphatic rings. The number of piperidine rings is 1. The molecule has 7 nitrogen and oxygen atoms in total. The number of hydrogen-bond donors (Lipinski definition) is 1. The van der Waals surface area contributed by atoms with E-state index in [2.05, 4.69) is 17.4 Å². The van der Waals surface area contributed by atoms with Crippen molar-refractivity contribution in [2.24, 2.45) is 5.92 Å². The number of amides is 1. The Morgan fingerprint density at radius 3 is 2.59 bits per heavy atom. The molecule has 1 atom stereocenters. The average molecular weight is 459 g/mol. The van der Waals surface area contributed by atoms with Crippen LogP contribution in [0.15, 0.2) is 47.4 Å². The first kappa shape index (κ1) is 22.6. The third-order valence-electron chi connectivity index (χ3n) is 6.19. The number of hydrogen-bond acceptors (Lipinski definition) is 5. The van der Waals surface area contributed by atoms with Crippen LogP contribution in [-0.4, -0.2) is 52.0 Å². The first-order valence-corrected chi connectivity index (χ1v) is 12.6. The SMILES string of the molecule is COc1ccc(S(=O)(=O)N2CCCC(C(=O)NCCOc3ccc4c(c3)CCC4)C2)cc1. The molecular weight excluding hydrogens is 428 g/mol. The summed E-state index contributed by atoms with van der Waals surface area (Å²) < 4.78 is 38.3. The molecule has 172 valence electrons. The van der Waals surface area contributed by atoms with Gasteiger partial charge in [-0.05, 0) is 79.6 Å². The van der Waals surface area contributed by atoms with Crippen LogP contribution in [0.5, 0.6) is 11.5 Å². The van der Waals surface area contributed by atoms with Gasteiger partial charge in [-0.25, -0.2) is 8.42 Å².